The third kappa shape index (κ3) is 4.38. The second-order valence-electron chi connectivity index (χ2n) is 9.40. The van der Waals surface area contributed by atoms with E-state index >= 15 is 0 Å². The van der Waals surface area contributed by atoms with Crippen LogP contribution in [0.4, 0.5) is 10.5 Å². The van der Waals surface area contributed by atoms with Crippen LogP contribution in [-0.4, -0.2) is 68.2 Å². The first-order valence-electron chi connectivity index (χ1n) is 11.7. The molecule has 0 radical (unpaired) electrons. The lowest BCUT2D eigenvalue weighted by molar-refractivity contribution is -0.135. The van der Waals surface area contributed by atoms with E-state index in [1.807, 2.05) is 0 Å². The maximum absolute atomic E-state index is 13.2. The number of benzene rings is 1. The predicted molar refractivity (Wildman–Crippen MR) is 123 cm³/mol. The summed E-state index contributed by atoms with van der Waals surface area (Å²) in [4.78, 5) is 42.0. The van der Waals surface area contributed by atoms with Crippen LogP contribution in [0.5, 0.6) is 0 Å². The number of rotatable bonds is 4. The normalized spacial score (nSPS) is 21.1. The Bertz CT molecular complexity index is 1060. The molecular formula is C23H32N4O5S. The number of carbonyl (C=O) groups excluding carboxylic acids is 3. The van der Waals surface area contributed by atoms with E-state index in [2.05, 4.69) is 5.32 Å². The van der Waals surface area contributed by atoms with E-state index in [-0.39, 0.29) is 23.3 Å². The van der Waals surface area contributed by atoms with Crippen LogP contribution in [0.15, 0.2) is 23.1 Å². The van der Waals surface area contributed by atoms with Gasteiger partial charge in [0, 0.05) is 26.3 Å². The lowest BCUT2D eigenvalue weighted by Crippen LogP contribution is -2.48. The molecule has 1 aromatic rings. The first-order valence-corrected chi connectivity index (χ1v) is 13.1. The molecule has 0 aromatic heterocycles. The summed E-state index contributed by atoms with van der Waals surface area (Å²) in [5, 5.41) is 2.89. The van der Waals surface area contributed by atoms with Crippen molar-refractivity contribution in [1.82, 2.24) is 14.5 Å². The molecule has 1 saturated carbocycles. The third-order valence-electron chi connectivity index (χ3n) is 7.00. The van der Waals surface area contributed by atoms with E-state index in [0.717, 1.165) is 46.9 Å². The van der Waals surface area contributed by atoms with Gasteiger partial charge in [-0.05, 0) is 49.4 Å². The molecule has 1 N–H and O–H groups in total. The molecule has 2 heterocycles. The van der Waals surface area contributed by atoms with Crippen LogP contribution in [0.1, 0.15) is 56.9 Å². The molecule has 10 heteroatoms. The van der Waals surface area contributed by atoms with E-state index in [1.165, 1.54) is 20.2 Å². The van der Waals surface area contributed by atoms with Gasteiger partial charge in [0.2, 0.25) is 15.9 Å². The second kappa shape index (κ2) is 9.06. The van der Waals surface area contributed by atoms with E-state index in [0.29, 0.717) is 37.9 Å². The Morgan fingerprint density at radius 1 is 1.06 bits per heavy atom. The van der Waals surface area contributed by atoms with E-state index in [4.69, 9.17) is 0 Å². The summed E-state index contributed by atoms with van der Waals surface area (Å²) in [7, 11) is -0.623. The van der Waals surface area contributed by atoms with Crippen LogP contribution < -0.4 is 10.2 Å². The summed E-state index contributed by atoms with van der Waals surface area (Å²) in [6.45, 7) is 0.143. The van der Waals surface area contributed by atoms with Gasteiger partial charge in [-0.2, -0.15) is 0 Å². The zero-order valence-corrected chi connectivity index (χ0v) is 20.1. The smallest absolute Gasteiger partial charge is 0.323 e. The Hall–Kier alpha value is -2.46. The van der Waals surface area contributed by atoms with Gasteiger partial charge in [-0.3, -0.25) is 14.5 Å². The Balaban J connectivity index is 1.53. The SMILES string of the molecule is CN(C)S(=O)(=O)c1ccc2c(c1)CCCN2C(=O)CN1C(=O)NC2(CCCCCCC2)C1=O. The van der Waals surface area contributed by atoms with E-state index in [9.17, 15) is 22.8 Å². The molecule has 0 atom stereocenters. The highest BCUT2D eigenvalue weighted by Gasteiger charge is 2.51. The summed E-state index contributed by atoms with van der Waals surface area (Å²) in [5.41, 5.74) is 0.524. The third-order valence-corrected chi connectivity index (χ3v) is 8.81. The Labute approximate surface area is 195 Å². The zero-order chi connectivity index (χ0) is 23.8. The van der Waals surface area contributed by atoms with Crippen LogP contribution in [0, 0.1) is 0 Å². The molecule has 0 unspecified atom stereocenters. The highest BCUT2D eigenvalue weighted by Crippen LogP contribution is 2.33. The van der Waals surface area contributed by atoms with Gasteiger partial charge >= 0.3 is 6.03 Å². The highest BCUT2D eigenvalue weighted by molar-refractivity contribution is 7.89. The molecule has 33 heavy (non-hydrogen) atoms. The summed E-state index contributed by atoms with van der Waals surface area (Å²) in [6, 6.07) is 4.25. The van der Waals surface area contributed by atoms with Crippen LogP contribution in [0.2, 0.25) is 0 Å². The maximum Gasteiger partial charge on any atom is 0.325 e. The number of hydrogen-bond donors (Lipinski definition) is 1. The molecule has 1 spiro atoms. The van der Waals surface area contributed by atoms with Gasteiger partial charge in [0.25, 0.3) is 5.91 Å². The van der Waals surface area contributed by atoms with Crippen molar-refractivity contribution >= 4 is 33.6 Å². The molecule has 3 aliphatic rings. The van der Waals surface area contributed by atoms with Crippen molar-refractivity contribution in [2.75, 3.05) is 32.1 Å². The monoisotopic (exact) mass is 476 g/mol. The van der Waals surface area contributed by atoms with Crippen LogP contribution in [0.3, 0.4) is 0 Å². The summed E-state index contributed by atoms with van der Waals surface area (Å²) in [6.07, 6.45) is 7.54. The summed E-state index contributed by atoms with van der Waals surface area (Å²) >= 11 is 0. The second-order valence-corrected chi connectivity index (χ2v) is 11.6. The number of nitrogens with one attached hydrogen (secondary N) is 1. The molecule has 1 saturated heterocycles. The average molecular weight is 477 g/mol. The van der Waals surface area contributed by atoms with Gasteiger partial charge < -0.3 is 10.2 Å². The number of carbonyl (C=O) groups is 3. The van der Waals surface area contributed by atoms with Crippen LogP contribution in [-0.2, 0) is 26.0 Å². The van der Waals surface area contributed by atoms with Gasteiger partial charge in [-0.15, -0.1) is 0 Å². The van der Waals surface area contributed by atoms with Crippen LogP contribution in [0.25, 0.3) is 0 Å². The first-order chi connectivity index (χ1) is 15.7. The van der Waals surface area contributed by atoms with Crippen molar-refractivity contribution < 1.29 is 22.8 Å². The number of imide groups is 1. The standard InChI is InChI=1S/C23H32N4O5S/c1-25(2)33(31,32)18-10-11-19-17(15-18)9-8-14-26(19)20(28)16-27-21(29)23(24-22(27)30)12-6-4-3-5-7-13-23/h10-11,15H,3-9,12-14,16H2,1-2H3,(H,24,30). The molecule has 2 aliphatic heterocycles. The number of hydrogen-bond acceptors (Lipinski definition) is 5. The first kappa shape index (κ1) is 23.7. The number of fused-ring (bicyclic) bond motifs is 1. The maximum atomic E-state index is 13.2. The van der Waals surface area contributed by atoms with Crippen molar-refractivity contribution in [3.8, 4) is 0 Å². The fourth-order valence-corrected chi connectivity index (χ4v) is 6.04. The van der Waals surface area contributed by atoms with Crippen molar-refractivity contribution in [2.45, 2.75) is 68.2 Å². The van der Waals surface area contributed by atoms with Crippen molar-refractivity contribution in [3.05, 3.63) is 23.8 Å². The fraction of sp³-hybridized carbons (Fsp3) is 0.609. The van der Waals surface area contributed by atoms with Gasteiger partial charge in [0.1, 0.15) is 12.1 Å². The van der Waals surface area contributed by atoms with Crippen molar-refractivity contribution in [2.24, 2.45) is 0 Å². The molecule has 0 bridgehead atoms. The molecule has 180 valence electrons. The van der Waals surface area contributed by atoms with Crippen molar-refractivity contribution in [3.63, 3.8) is 0 Å². The molecule has 1 aromatic carbocycles. The van der Waals surface area contributed by atoms with Gasteiger partial charge in [0.05, 0.1) is 4.90 Å². The number of sulfonamides is 1. The topological polar surface area (TPSA) is 107 Å². The number of urea groups is 1. The lowest BCUT2D eigenvalue weighted by Gasteiger charge is -2.31. The molecular weight excluding hydrogens is 444 g/mol. The summed E-state index contributed by atoms with van der Waals surface area (Å²) in [5.74, 6) is -0.641. The molecule has 9 nitrogen and oxygen atoms in total. The van der Waals surface area contributed by atoms with Gasteiger partial charge in [-0.1, -0.05) is 32.1 Å². The predicted octanol–water partition coefficient (Wildman–Crippen LogP) is 2.25. The Morgan fingerprint density at radius 2 is 1.73 bits per heavy atom. The van der Waals surface area contributed by atoms with Gasteiger partial charge in [-0.25, -0.2) is 17.5 Å². The fourth-order valence-electron chi connectivity index (χ4n) is 5.09. The van der Waals surface area contributed by atoms with Crippen LogP contribution >= 0.6 is 0 Å². The molecule has 1 aliphatic carbocycles. The molecule has 4 rings (SSSR count). The number of anilines is 1. The summed E-state index contributed by atoms with van der Waals surface area (Å²) < 4.78 is 26.1. The van der Waals surface area contributed by atoms with E-state index in [1.54, 1.807) is 17.0 Å². The Morgan fingerprint density at radius 3 is 2.39 bits per heavy atom. The Kier molecular flexibility index (Phi) is 6.50. The minimum atomic E-state index is -3.58. The number of amides is 4. The quantitative estimate of drug-likeness (QED) is 0.671. The molecule has 4 amide bonds. The largest absolute Gasteiger partial charge is 0.325 e. The zero-order valence-electron chi connectivity index (χ0n) is 19.3. The molecule has 2 fully saturated rings. The van der Waals surface area contributed by atoms with Gasteiger partial charge in [0.15, 0.2) is 0 Å². The number of nitrogens with zero attached hydrogens (tertiary/aromatic N) is 3. The minimum Gasteiger partial charge on any atom is -0.323 e. The lowest BCUT2D eigenvalue weighted by atomic mass is 9.84. The van der Waals surface area contributed by atoms with E-state index < -0.39 is 21.6 Å². The average Bonchev–Trinajstić information content (AvgIpc) is 3.00. The highest BCUT2D eigenvalue weighted by atomic mass is 32.2. The van der Waals surface area contributed by atoms with Crippen molar-refractivity contribution in [1.29, 1.82) is 0 Å². The minimum absolute atomic E-state index is 0.181. The number of aryl methyl sites for hydroxylation is 1.